The van der Waals surface area contributed by atoms with Gasteiger partial charge in [-0.25, -0.2) is 4.98 Å². The molecule has 1 heterocycles. The number of carbonyl (C=O) groups is 1. The van der Waals surface area contributed by atoms with Gasteiger partial charge in [0.15, 0.2) is 0 Å². The molecule has 0 aliphatic rings. The van der Waals surface area contributed by atoms with E-state index in [-0.39, 0.29) is 6.54 Å². The number of hydrogen-bond acceptors (Lipinski definition) is 2. The third kappa shape index (κ3) is 2.08. The number of carboxylic acid groups (broad SMARTS) is 1. The van der Waals surface area contributed by atoms with Crippen molar-refractivity contribution in [2.45, 2.75) is 26.3 Å². The summed E-state index contributed by atoms with van der Waals surface area (Å²) in [6, 6.07) is 0. The van der Waals surface area contributed by atoms with Crippen LogP contribution >= 0.6 is 0 Å². The first-order chi connectivity index (χ1) is 5.59. The molecule has 0 spiro atoms. The Bertz CT molecular complexity index is 278. The molecular weight excluding hydrogens is 156 g/mol. The molecule has 4 heteroatoms. The number of imidazole rings is 1. The standard InChI is InChI=1S/C8H12N2O2/c1-6(2)7-3-10(5-9-7)4-8(11)12/h3,5-6H,4H2,1-2H3,(H,11,12). The largest absolute Gasteiger partial charge is 0.480 e. The summed E-state index contributed by atoms with van der Waals surface area (Å²) in [5, 5.41) is 8.47. The van der Waals surface area contributed by atoms with Crippen molar-refractivity contribution in [1.82, 2.24) is 9.55 Å². The van der Waals surface area contributed by atoms with Crippen LogP contribution in [0, 0.1) is 0 Å². The molecule has 0 aromatic carbocycles. The van der Waals surface area contributed by atoms with Gasteiger partial charge in [-0.15, -0.1) is 0 Å². The molecule has 0 saturated carbocycles. The molecule has 0 aliphatic carbocycles. The van der Waals surface area contributed by atoms with Crippen LogP contribution in [0.3, 0.4) is 0 Å². The van der Waals surface area contributed by atoms with E-state index in [2.05, 4.69) is 4.98 Å². The fourth-order valence-corrected chi connectivity index (χ4v) is 0.918. The summed E-state index contributed by atoms with van der Waals surface area (Å²) < 4.78 is 1.57. The molecule has 4 nitrogen and oxygen atoms in total. The molecule has 66 valence electrons. The molecule has 0 aliphatic heterocycles. The van der Waals surface area contributed by atoms with Crippen molar-refractivity contribution in [2.75, 3.05) is 0 Å². The predicted molar refractivity (Wildman–Crippen MR) is 44.0 cm³/mol. The Morgan fingerprint density at radius 2 is 2.42 bits per heavy atom. The Labute approximate surface area is 70.9 Å². The number of rotatable bonds is 3. The summed E-state index contributed by atoms with van der Waals surface area (Å²) >= 11 is 0. The number of carboxylic acids is 1. The van der Waals surface area contributed by atoms with Crippen LogP contribution in [0.15, 0.2) is 12.5 Å². The van der Waals surface area contributed by atoms with Crippen molar-refractivity contribution in [2.24, 2.45) is 0 Å². The van der Waals surface area contributed by atoms with E-state index >= 15 is 0 Å². The van der Waals surface area contributed by atoms with Crippen LogP contribution in [-0.2, 0) is 11.3 Å². The minimum atomic E-state index is -0.845. The third-order valence-electron chi connectivity index (χ3n) is 1.56. The smallest absolute Gasteiger partial charge is 0.323 e. The van der Waals surface area contributed by atoms with Gasteiger partial charge in [0, 0.05) is 6.20 Å². The minimum Gasteiger partial charge on any atom is -0.480 e. The Kier molecular flexibility index (Phi) is 2.47. The third-order valence-corrected chi connectivity index (χ3v) is 1.56. The highest BCUT2D eigenvalue weighted by atomic mass is 16.4. The Hall–Kier alpha value is -1.32. The van der Waals surface area contributed by atoms with Crippen LogP contribution in [0.1, 0.15) is 25.5 Å². The summed E-state index contributed by atoms with van der Waals surface area (Å²) in [6.07, 6.45) is 3.31. The zero-order chi connectivity index (χ0) is 9.14. The van der Waals surface area contributed by atoms with Crippen LogP contribution < -0.4 is 0 Å². The molecule has 1 N–H and O–H groups in total. The molecule has 0 bridgehead atoms. The van der Waals surface area contributed by atoms with Crippen LogP contribution in [-0.4, -0.2) is 20.6 Å². The van der Waals surface area contributed by atoms with E-state index in [0.29, 0.717) is 5.92 Å². The van der Waals surface area contributed by atoms with E-state index in [9.17, 15) is 4.79 Å². The number of aliphatic carboxylic acids is 1. The first kappa shape index (κ1) is 8.77. The van der Waals surface area contributed by atoms with Crippen LogP contribution in [0.4, 0.5) is 0 Å². The molecule has 1 aromatic heterocycles. The number of nitrogens with zero attached hydrogens (tertiary/aromatic N) is 2. The normalized spacial score (nSPS) is 10.6. The second-order valence-electron chi connectivity index (χ2n) is 3.02. The van der Waals surface area contributed by atoms with Gasteiger partial charge in [0.05, 0.1) is 12.0 Å². The second kappa shape index (κ2) is 3.38. The lowest BCUT2D eigenvalue weighted by Gasteiger charge is -1.97. The molecule has 1 aromatic rings. The van der Waals surface area contributed by atoms with Crippen molar-refractivity contribution >= 4 is 5.97 Å². The highest BCUT2D eigenvalue weighted by Gasteiger charge is 2.04. The Morgan fingerprint density at radius 1 is 1.75 bits per heavy atom. The van der Waals surface area contributed by atoms with E-state index in [1.54, 1.807) is 17.1 Å². The zero-order valence-corrected chi connectivity index (χ0v) is 7.19. The summed E-state index contributed by atoms with van der Waals surface area (Å²) in [7, 11) is 0. The van der Waals surface area contributed by atoms with Crippen molar-refractivity contribution in [3.63, 3.8) is 0 Å². The predicted octanol–water partition coefficient (Wildman–Crippen LogP) is 1.09. The van der Waals surface area contributed by atoms with Gasteiger partial charge >= 0.3 is 5.97 Å². The number of aromatic nitrogens is 2. The molecule has 0 amide bonds. The average Bonchev–Trinajstić information content (AvgIpc) is 2.34. The highest BCUT2D eigenvalue weighted by Crippen LogP contribution is 2.10. The van der Waals surface area contributed by atoms with Gasteiger partial charge < -0.3 is 9.67 Å². The van der Waals surface area contributed by atoms with E-state index < -0.39 is 5.97 Å². The molecule has 0 saturated heterocycles. The van der Waals surface area contributed by atoms with Crippen molar-refractivity contribution in [1.29, 1.82) is 0 Å². The van der Waals surface area contributed by atoms with Crippen molar-refractivity contribution in [3.05, 3.63) is 18.2 Å². The molecule has 0 fully saturated rings. The lowest BCUT2D eigenvalue weighted by molar-refractivity contribution is -0.137. The fraction of sp³-hybridized carbons (Fsp3) is 0.500. The van der Waals surface area contributed by atoms with Crippen LogP contribution in [0.5, 0.6) is 0 Å². The summed E-state index contributed by atoms with van der Waals surface area (Å²) in [4.78, 5) is 14.4. The summed E-state index contributed by atoms with van der Waals surface area (Å²) in [5.41, 5.74) is 0.927. The highest BCUT2D eigenvalue weighted by molar-refractivity contribution is 5.66. The topological polar surface area (TPSA) is 55.1 Å². The molecular formula is C8H12N2O2. The SMILES string of the molecule is CC(C)c1cn(CC(=O)O)cn1. The first-order valence-corrected chi connectivity index (χ1v) is 3.83. The van der Waals surface area contributed by atoms with Crippen LogP contribution in [0.25, 0.3) is 0 Å². The van der Waals surface area contributed by atoms with Gasteiger partial charge in [-0.3, -0.25) is 4.79 Å². The van der Waals surface area contributed by atoms with Gasteiger partial charge in [-0.05, 0) is 5.92 Å². The van der Waals surface area contributed by atoms with E-state index in [1.165, 1.54) is 0 Å². The van der Waals surface area contributed by atoms with Crippen molar-refractivity contribution in [3.8, 4) is 0 Å². The van der Waals surface area contributed by atoms with Crippen LogP contribution in [0.2, 0.25) is 0 Å². The monoisotopic (exact) mass is 168 g/mol. The maximum Gasteiger partial charge on any atom is 0.323 e. The first-order valence-electron chi connectivity index (χ1n) is 3.83. The zero-order valence-electron chi connectivity index (χ0n) is 7.19. The summed E-state index contributed by atoms with van der Waals surface area (Å²) in [6.45, 7) is 4.03. The van der Waals surface area contributed by atoms with E-state index in [4.69, 9.17) is 5.11 Å². The Morgan fingerprint density at radius 3 is 2.83 bits per heavy atom. The maximum atomic E-state index is 10.3. The maximum absolute atomic E-state index is 10.3. The second-order valence-corrected chi connectivity index (χ2v) is 3.02. The van der Waals surface area contributed by atoms with Gasteiger partial charge in [0.2, 0.25) is 0 Å². The van der Waals surface area contributed by atoms with Gasteiger partial charge in [0.1, 0.15) is 6.54 Å². The average molecular weight is 168 g/mol. The summed E-state index contributed by atoms with van der Waals surface area (Å²) in [5.74, 6) is -0.497. The Balaban J connectivity index is 2.70. The lowest BCUT2D eigenvalue weighted by Crippen LogP contribution is -2.06. The minimum absolute atomic E-state index is 0.0142. The fourth-order valence-electron chi connectivity index (χ4n) is 0.918. The molecule has 1 rings (SSSR count). The molecule has 0 atom stereocenters. The van der Waals surface area contributed by atoms with Gasteiger partial charge in [-0.1, -0.05) is 13.8 Å². The molecule has 12 heavy (non-hydrogen) atoms. The quantitative estimate of drug-likeness (QED) is 0.735. The van der Waals surface area contributed by atoms with Gasteiger partial charge in [-0.2, -0.15) is 0 Å². The van der Waals surface area contributed by atoms with Crippen molar-refractivity contribution < 1.29 is 9.90 Å². The van der Waals surface area contributed by atoms with E-state index in [1.807, 2.05) is 13.8 Å². The van der Waals surface area contributed by atoms with Gasteiger partial charge in [0.25, 0.3) is 0 Å². The van der Waals surface area contributed by atoms with E-state index in [0.717, 1.165) is 5.69 Å². The lowest BCUT2D eigenvalue weighted by atomic mass is 10.2. The number of hydrogen-bond donors (Lipinski definition) is 1. The molecule has 0 radical (unpaired) electrons. The molecule has 0 unspecified atom stereocenters.